The van der Waals surface area contributed by atoms with Crippen LogP contribution in [0.5, 0.6) is 5.75 Å². The molecule has 5 heteroatoms. The lowest BCUT2D eigenvalue weighted by Crippen LogP contribution is -2.52. The van der Waals surface area contributed by atoms with Gasteiger partial charge in [-0.25, -0.2) is 0 Å². The van der Waals surface area contributed by atoms with Gasteiger partial charge in [0, 0.05) is 24.7 Å². The number of carbonyl (C=O) groups excluding carboxylic acids is 1. The monoisotopic (exact) mass is 456 g/mol. The van der Waals surface area contributed by atoms with Gasteiger partial charge in [-0.1, -0.05) is 66.7 Å². The van der Waals surface area contributed by atoms with Crippen LogP contribution in [0.2, 0.25) is 0 Å². The van der Waals surface area contributed by atoms with Gasteiger partial charge in [-0.2, -0.15) is 0 Å². The molecule has 0 aromatic heterocycles. The first-order chi connectivity index (χ1) is 16.5. The van der Waals surface area contributed by atoms with Gasteiger partial charge in [0.25, 0.3) is 0 Å². The van der Waals surface area contributed by atoms with Crippen molar-refractivity contribution in [2.24, 2.45) is 11.8 Å². The molecule has 5 rings (SSSR count). The summed E-state index contributed by atoms with van der Waals surface area (Å²) in [6.45, 7) is 1.96. The predicted octanol–water partition coefficient (Wildman–Crippen LogP) is 4.91. The number of methoxy groups -OCH3 is 1. The van der Waals surface area contributed by atoms with Gasteiger partial charge in [-0.15, -0.1) is 0 Å². The molecule has 3 aromatic carbocycles. The fourth-order valence-electron chi connectivity index (χ4n) is 5.87. The van der Waals surface area contributed by atoms with E-state index in [-0.39, 0.29) is 12.1 Å². The average molecular weight is 457 g/mol. The Morgan fingerprint density at radius 3 is 1.97 bits per heavy atom. The molecular weight excluding hydrogens is 428 g/mol. The molecule has 1 N–H and O–H groups in total. The average Bonchev–Trinajstić information content (AvgIpc) is 3.22. The van der Waals surface area contributed by atoms with E-state index in [1.807, 2.05) is 67.6 Å². The first kappa shape index (κ1) is 22.2. The van der Waals surface area contributed by atoms with Crippen LogP contribution in [0.3, 0.4) is 0 Å². The molecule has 2 aliphatic carbocycles. The summed E-state index contributed by atoms with van der Waals surface area (Å²) in [5, 5.41) is 10.3. The molecule has 0 bridgehead atoms. The molecule has 4 atom stereocenters. The maximum Gasteiger partial charge on any atom is 0.310 e. The number of carboxylic acid groups (broad SMARTS) is 1. The lowest BCUT2D eigenvalue weighted by Gasteiger charge is -2.49. The van der Waals surface area contributed by atoms with E-state index in [0.29, 0.717) is 18.6 Å². The Balaban J connectivity index is 1.51. The number of rotatable bonds is 6. The number of para-hydroxylation sites is 1. The molecule has 2 aliphatic rings. The highest BCUT2D eigenvalue weighted by Crippen LogP contribution is 2.60. The van der Waals surface area contributed by atoms with E-state index in [1.54, 1.807) is 7.11 Å². The third kappa shape index (κ3) is 3.75. The van der Waals surface area contributed by atoms with Crippen molar-refractivity contribution < 1.29 is 24.2 Å². The Bertz CT molecular complexity index is 1210. The summed E-state index contributed by atoms with van der Waals surface area (Å²) in [4.78, 5) is 26.3. The van der Waals surface area contributed by atoms with Gasteiger partial charge >= 0.3 is 11.9 Å². The first-order valence-electron chi connectivity index (χ1n) is 11.7. The van der Waals surface area contributed by atoms with E-state index < -0.39 is 29.6 Å². The molecule has 1 saturated carbocycles. The van der Waals surface area contributed by atoms with Crippen LogP contribution in [-0.2, 0) is 27.2 Å². The van der Waals surface area contributed by atoms with Crippen LogP contribution in [0.15, 0.2) is 72.8 Å². The van der Waals surface area contributed by atoms with E-state index in [1.165, 1.54) is 11.1 Å². The number of esters is 1. The summed E-state index contributed by atoms with van der Waals surface area (Å²) in [7, 11) is 1.56. The molecule has 174 valence electrons. The highest BCUT2D eigenvalue weighted by molar-refractivity contribution is 5.85. The van der Waals surface area contributed by atoms with Crippen LogP contribution in [0.25, 0.3) is 0 Å². The molecular formula is C29H28O5. The molecule has 0 aliphatic heterocycles. The summed E-state index contributed by atoms with van der Waals surface area (Å²) in [6.07, 6.45) is 1.14. The van der Waals surface area contributed by atoms with Crippen molar-refractivity contribution in [3.8, 4) is 5.75 Å². The van der Waals surface area contributed by atoms with Gasteiger partial charge in [0.05, 0.1) is 18.9 Å². The lowest BCUT2D eigenvalue weighted by atomic mass is 9.52. The minimum atomic E-state index is -0.915. The standard InChI is InChI=1S/C29H28O5/c1-17-9-3-6-12-21(17)24-26(28(30)31)25(22-13-7-8-14-23(22)33-2)27(24)29(32)34-20-15-18-10-4-5-11-19(18)16-20/h3-14,20,24-27H,15-16H2,1-2H3,(H,30,31)/t24-,25-,26+,27+/m0/s1. The zero-order valence-corrected chi connectivity index (χ0v) is 19.3. The number of carboxylic acids is 1. The van der Waals surface area contributed by atoms with E-state index in [9.17, 15) is 14.7 Å². The summed E-state index contributed by atoms with van der Waals surface area (Å²) in [5.74, 6) is -3.02. The van der Waals surface area contributed by atoms with Gasteiger partial charge in [0.2, 0.25) is 0 Å². The molecule has 0 saturated heterocycles. The van der Waals surface area contributed by atoms with Crippen LogP contribution in [0, 0.1) is 18.8 Å². The van der Waals surface area contributed by atoms with Crippen molar-refractivity contribution >= 4 is 11.9 Å². The number of fused-ring (bicyclic) bond motifs is 1. The number of hydrogen-bond donors (Lipinski definition) is 1. The summed E-state index contributed by atoms with van der Waals surface area (Å²) in [6, 6.07) is 23.2. The molecule has 0 amide bonds. The first-order valence-corrected chi connectivity index (χ1v) is 11.7. The van der Waals surface area contributed by atoms with Crippen molar-refractivity contribution in [1.29, 1.82) is 0 Å². The second-order valence-electron chi connectivity index (χ2n) is 9.28. The highest BCUT2D eigenvalue weighted by atomic mass is 16.5. The predicted molar refractivity (Wildman–Crippen MR) is 128 cm³/mol. The number of benzene rings is 3. The van der Waals surface area contributed by atoms with Crippen LogP contribution in [-0.4, -0.2) is 30.3 Å². The molecule has 0 spiro atoms. The number of aliphatic carboxylic acids is 1. The molecule has 34 heavy (non-hydrogen) atoms. The number of hydrogen-bond acceptors (Lipinski definition) is 4. The topological polar surface area (TPSA) is 72.8 Å². The molecule has 1 fully saturated rings. The molecule has 3 aromatic rings. The van der Waals surface area contributed by atoms with Crippen molar-refractivity contribution in [3.63, 3.8) is 0 Å². The maximum absolute atomic E-state index is 13.7. The quantitative estimate of drug-likeness (QED) is 0.534. The minimum Gasteiger partial charge on any atom is -0.496 e. The summed E-state index contributed by atoms with van der Waals surface area (Å²) < 4.78 is 11.6. The van der Waals surface area contributed by atoms with E-state index >= 15 is 0 Å². The molecule has 0 radical (unpaired) electrons. The van der Waals surface area contributed by atoms with Crippen LogP contribution in [0.1, 0.15) is 39.7 Å². The molecule has 0 unspecified atom stereocenters. The lowest BCUT2D eigenvalue weighted by molar-refractivity contribution is -0.167. The Morgan fingerprint density at radius 2 is 1.35 bits per heavy atom. The number of carbonyl (C=O) groups is 2. The third-order valence-corrected chi connectivity index (χ3v) is 7.45. The zero-order valence-electron chi connectivity index (χ0n) is 19.3. The Morgan fingerprint density at radius 1 is 0.794 bits per heavy atom. The summed E-state index contributed by atoms with van der Waals surface area (Å²) in [5.41, 5.74) is 5.00. The van der Waals surface area contributed by atoms with Gasteiger partial charge in [0.1, 0.15) is 11.9 Å². The SMILES string of the molecule is COc1ccccc1[C@H]1[C@H](C(=O)O)[C@H](c2ccccc2C)[C@H]1C(=O)OC1Cc2ccccc2C1. The zero-order chi connectivity index (χ0) is 23.8. The normalized spacial score (nSPS) is 23.6. The Labute approximate surface area is 199 Å². The fraction of sp³-hybridized carbons (Fsp3) is 0.310. The van der Waals surface area contributed by atoms with Crippen molar-refractivity contribution in [2.75, 3.05) is 7.11 Å². The minimum absolute atomic E-state index is 0.232. The largest absolute Gasteiger partial charge is 0.496 e. The third-order valence-electron chi connectivity index (χ3n) is 7.45. The summed E-state index contributed by atoms with van der Waals surface area (Å²) >= 11 is 0. The van der Waals surface area contributed by atoms with Gasteiger partial charge in [0.15, 0.2) is 0 Å². The van der Waals surface area contributed by atoms with Crippen molar-refractivity contribution in [2.45, 2.75) is 37.7 Å². The van der Waals surface area contributed by atoms with E-state index in [0.717, 1.165) is 16.7 Å². The van der Waals surface area contributed by atoms with Crippen LogP contribution in [0.4, 0.5) is 0 Å². The number of aryl methyl sites for hydroxylation is 1. The second-order valence-corrected chi connectivity index (χ2v) is 9.28. The van der Waals surface area contributed by atoms with Gasteiger partial charge in [-0.3, -0.25) is 9.59 Å². The second kappa shape index (κ2) is 8.98. The van der Waals surface area contributed by atoms with Crippen LogP contribution >= 0.6 is 0 Å². The van der Waals surface area contributed by atoms with Crippen molar-refractivity contribution in [1.82, 2.24) is 0 Å². The smallest absolute Gasteiger partial charge is 0.310 e. The van der Waals surface area contributed by atoms with Gasteiger partial charge in [-0.05, 0) is 40.8 Å². The van der Waals surface area contributed by atoms with E-state index in [4.69, 9.17) is 9.47 Å². The Kier molecular flexibility index (Phi) is 5.86. The highest BCUT2D eigenvalue weighted by Gasteiger charge is 2.60. The fourth-order valence-corrected chi connectivity index (χ4v) is 5.87. The van der Waals surface area contributed by atoms with E-state index in [2.05, 4.69) is 12.1 Å². The molecule has 5 nitrogen and oxygen atoms in total. The Hall–Kier alpha value is -3.60. The molecule has 0 heterocycles. The van der Waals surface area contributed by atoms with Crippen molar-refractivity contribution in [3.05, 3.63) is 101 Å². The number of ether oxygens (including phenoxy) is 2. The van der Waals surface area contributed by atoms with Crippen LogP contribution < -0.4 is 4.74 Å². The van der Waals surface area contributed by atoms with Gasteiger partial charge < -0.3 is 14.6 Å². The maximum atomic E-state index is 13.7.